The molecule has 0 spiro atoms. The van der Waals surface area contributed by atoms with Crippen LogP contribution in [0.15, 0.2) is 42.7 Å². The average molecular weight is 363 g/mol. The van der Waals surface area contributed by atoms with Crippen molar-refractivity contribution in [1.29, 1.82) is 0 Å². The van der Waals surface area contributed by atoms with E-state index in [1.807, 2.05) is 30.3 Å². The average Bonchev–Trinajstić information content (AvgIpc) is 2.63. The van der Waals surface area contributed by atoms with Gasteiger partial charge < -0.3 is 16.2 Å². The van der Waals surface area contributed by atoms with E-state index in [2.05, 4.69) is 20.3 Å². The van der Waals surface area contributed by atoms with E-state index < -0.39 is 0 Å². The Bertz CT molecular complexity index is 1000. The molecule has 4 N–H and O–H groups in total. The molecule has 1 amide bonds. The molecule has 7 nitrogen and oxygen atoms in total. The molecule has 0 aliphatic heterocycles. The molecule has 1 fully saturated rings. The molecular formula is C20H21N5O2. The molecule has 1 aliphatic rings. The predicted octanol–water partition coefficient (Wildman–Crippen LogP) is 2.16. The third-order valence-electron chi connectivity index (χ3n) is 5.12. The van der Waals surface area contributed by atoms with Crippen LogP contribution in [0.25, 0.3) is 10.9 Å². The number of carbonyl (C=O) groups excluding carboxylic acids is 1. The van der Waals surface area contributed by atoms with Crippen LogP contribution in [-0.4, -0.2) is 32.1 Å². The zero-order valence-corrected chi connectivity index (χ0v) is 15.0. The summed E-state index contributed by atoms with van der Waals surface area (Å²) in [4.78, 5) is 25.3. The third kappa shape index (κ3) is 3.46. The highest BCUT2D eigenvalue weighted by atomic mass is 16.3. The number of hydrogen-bond donors (Lipinski definition) is 3. The number of carbonyl (C=O) groups is 1. The number of para-hydroxylation sites is 1. The second-order valence-electron chi connectivity index (χ2n) is 7.03. The van der Waals surface area contributed by atoms with Gasteiger partial charge in [-0.25, -0.2) is 9.97 Å². The standard InChI is InChI=1S/C20H21N5O2/c1-11-16(10-23-20(21)24-11)19(27)25-18(13-7-15(26)8-13)14-6-12-4-2-3-5-17(12)22-9-14/h2-6,9-10,13,15,18,26H,7-8H2,1H3,(H,25,27)(H2,21,23,24)/t13?,15?,18-/m0/s1. The number of nitrogens with zero attached hydrogens (tertiary/aromatic N) is 3. The van der Waals surface area contributed by atoms with Gasteiger partial charge in [0.2, 0.25) is 5.95 Å². The van der Waals surface area contributed by atoms with Crippen LogP contribution in [0.1, 0.15) is 40.5 Å². The second-order valence-corrected chi connectivity index (χ2v) is 7.03. The monoisotopic (exact) mass is 363 g/mol. The van der Waals surface area contributed by atoms with E-state index in [9.17, 15) is 9.90 Å². The van der Waals surface area contributed by atoms with Gasteiger partial charge in [0.25, 0.3) is 5.91 Å². The maximum atomic E-state index is 12.8. The van der Waals surface area contributed by atoms with Crippen LogP contribution in [0.2, 0.25) is 0 Å². The number of rotatable bonds is 4. The summed E-state index contributed by atoms with van der Waals surface area (Å²) in [5.41, 5.74) is 8.33. The van der Waals surface area contributed by atoms with Crippen molar-refractivity contribution in [3.63, 3.8) is 0 Å². The lowest BCUT2D eigenvalue weighted by Gasteiger charge is -2.38. The summed E-state index contributed by atoms with van der Waals surface area (Å²) in [6, 6.07) is 9.66. The molecule has 0 unspecified atom stereocenters. The minimum Gasteiger partial charge on any atom is -0.393 e. The molecule has 1 atom stereocenters. The highest BCUT2D eigenvalue weighted by molar-refractivity contribution is 5.95. The fourth-order valence-corrected chi connectivity index (χ4v) is 3.56. The summed E-state index contributed by atoms with van der Waals surface area (Å²) in [5.74, 6) is 0.0374. The Morgan fingerprint density at radius 3 is 2.78 bits per heavy atom. The molecule has 0 radical (unpaired) electrons. The number of nitrogens with two attached hydrogens (primary N) is 1. The van der Waals surface area contributed by atoms with Gasteiger partial charge in [0, 0.05) is 17.8 Å². The number of aromatic nitrogens is 3. The minimum atomic E-state index is -0.315. The van der Waals surface area contributed by atoms with Crippen molar-refractivity contribution in [3.8, 4) is 0 Å². The number of hydrogen-bond acceptors (Lipinski definition) is 6. The number of fused-ring (bicyclic) bond motifs is 1. The number of nitrogen functional groups attached to an aromatic ring is 1. The fraction of sp³-hybridized carbons (Fsp3) is 0.300. The Hall–Kier alpha value is -3.06. The number of aliphatic hydroxyl groups excluding tert-OH is 1. The summed E-state index contributed by atoms with van der Waals surface area (Å²) >= 11 is 0. The van der Waals surface area contributed by atoms with E-state index in [0.717, 1.165) is 16.5 Å². The molecule has 2 heterocycles. The normalized spacial score (nSPS) is 20.1. The van der Waals surface area contributed by atoms with Gasteiger partial charge in [-0.2, -0.15) is 0 Å². The smallest absolute Gasteiger partial charge is 0.255 e. The van der Waals surface area contributed by atoms with Crippen LogP contribution in [0, 0.1) is 12.8 Å². The first-order chi connectivity index (χ1) is 13.0. The predicted molar refractivity (Wildman–Crippen MR) is 102 cm³/mol. The van der Waals surface area contributed by atoms with Crippen LogP contribution in [0.4, 0.5) is 5.95 Å². The molecule has 1 saturated carbocycles. The van der Waals surface area contributed by atoms with Gasteiger partial charge in [0.1, 0.15) is 0 Å². The van der Waals surface area contributed by atoms with E-state index >= 15 is 0 Å². The van der Waals surface area contributed by atoms with Crippen molar-refractivity contribution in [3.05, 3.63) is 59.5 Å². The fourth-order valence-electron chi connectivity index (χ4n) is 3.56. The maximum Gasteiger partial charge on any atom is 0.255 e. The lowest BCUT2D eigenvalue weighted by atomic mass is 9.75. The topological polar surface area (TPSA) is 114 Å². The molecule has 7 heteroatoms. The first-order valence-corrected chi connectivity index (χ1v) is 8.94. The number of nitrogens with one attached hydrogen (secondary N) is 1. The van der Waals surface area contributed by atoms with Crippen molar-refractivity contribution >= 4 is 22.8 Å². The molecule has 3 aromatic rings. The minimum absolute atomic E-state index is 0.140. The third-order valence-corrected chi connectivity index (χ3v) is 5.12. The number of aryl methyl sites for hydroxylation is 1. The van der Waals surface area contributed by atoms with Crippen LogP contribution < -0.4 is 11.1 Å². The molecule has 1 aliphatic carbocycles. The van der Waals surface area contributed by atoms with Gasteiger partial charge in [-0.3, -0.25) is 9.78 Å². The summed E-state index contributed by atoms with van der Waals surface area (Å²) in [5, 5.41) is 13.9. The summed E-state index contributed by atoms with van der Waals surface area (Å²) in [6.45, 7) is 1.73. The lowest BCUT2D eigenvalue weighted by molar-refractivity contribution is 0.0235. The van der Waals surface area contributed by atoms with Gasteiger partial charge in [0.15, 0.2) is 0 Å². The van der Waals surface area contributed by atoms with E-state index in [1.54, 1.807) is 13.1 Å². The van der Waals surface area contributed by atoms with E-state index in [0.29, 0.717) is 24.1 Å². The summed E-state index contributed by atoms with van der Waals surface area (Å²) < 4.78 is 0. The van der Waals surface area contributed by atoms with Gasteiger partial charge in [-0.05, 0) is 43.4 Å². The van der Waals surface area contributed by atoms with Gasteiger partial charge in [-0.15, -0.1) is 0 Å². The molecule has 1 aromatic carbocycles. The number of anilines is 1. The quantitative estimate of drug-likeness (QED) is 0.654. The van der Waals surface area contributed by atoms with Crippen LogP contribution >= 0.6 is 0 Å². The Morgan fingerprint density at radius 2 is 2.04 bits per heavy atom. The Morgan fingerprint density at radius 1 is 1.26 bits per heavy atom. The first kappa shape index (κ1) is 17.4. The highest BCUT2D eigenvalue weighted by Crippen LogP contribution is 2.38. The van der Waals surface area contributed by atoms with Crippen LogP contribution in [0.5, 0.6) is 0 Å². The van der Waals surface area contributed by atoms with Gasteiger partial charge in [0.05, 0.1) is 28.9 Å². The molecule has 2 aromatic heterocycles. The zero-order valence-electron chi connectivity index (χ0n) is 15.0. The Labute approximate surface area is 156 Å². The highest BCUT2D eigenvalue weighted by Gasteiger charge is 2.36. The van der Waals surface area contributed by atoms with Crippen LogP contribution in [0.3, 0.4) is 0 Å². The van der Waals surface area contributed by atoms with Crippen molar-refractivity contribution in [2.24, 2.45) is 5.92 Å². The van der Waals surface area contributed by atoms with Crippen molar-refractivity contribution < 1.29 is 9.90 Å². The molecule has 27 heavy (non-hydrogen) atoms. The van der Waals surface area contributed by atoms with Gasteiger partial charge >= 0.3 is 0 Å². The molecule has 0 saturated heterocycles. The maximum absolute atomic E-state index is 12.8. The number of aliphatic hydroxyl groups is 1. The second kappa shape index (κ2) is 6.92. The number of amides is 1. The van der Waals surface area contributed by atoms with E-state index in [4.69, 9.17) is 5.73 Å². The SMILES string of the molecule is Cc1nc(N)ncc1C(=O)N[C@H](c1cnc2ccccc2c1)C1CC(O)C1. The van der Waals surface area contributed by atoms with Gasteiger partial charge in [-0.1, -0.05) is 18.2 Å². The van der Waals surface area contributed by atoms with Crippen molar-refractivity contribution in [2.45, 2.75) is 31.9 Å². The molecule has 0 bridgehead atoms. The largest absolute Gasteiger partial charge is 0.393 e. The van der Waals surface area contributed by atoms with Crippen LogP contribution in [-0.2, 0) is 0 Å². The first-order valence-electron chi connectivity index (χ1n) is 8.94. The molecule has 138 valence electrons. The lowest BCUT2D eigenvalue weighted by Crippen LogP contribution is -2.41. The van der Waals surface area contributed by atoms with Crippen molar-refractivity contribution in [1.82, 2.24) is 20.3 Å². The number of pyridine rings is 1. The van der Waals surface area contributed by atoms with Crippen molar-refractivity contribution in [2.75, 3.05) is 5.73 Å². The molecule has 4 rings (SSSR count). The molecular weight excluding hydrogens is 342 g/mol. The Kier molecular flexibility index (Phi) is 4.45. The van der Waals surface area contributed by atoms with E-state index in [1.165, 1.54) is 6.20 Å². The zero-order chi connectivity index (χ0) is 19.0. The summed E-state index contributed by atoms with van der Waals surface area (Å²) in [7, 11) is 0. The summed E-state index contributed by atoms with van der Waals surface area (Å²) in [6.07, 6.45) is 4.22. The van der Waals surface area contributed by atoms with E-state index in [-0.39, 0.29) is 29.9 Å². The Balaban J connectivity index is 1.65. The number of benzene rings is 1.